The normalized spacial score (nSPS) is 10.2. The molecule has 0 aliphatic rings. The number of anilines is 2. The highest BCUT2D eigenvalue weighted by molar-refractivity contribution is 7.99. The highest BCUT2D eigenvalue weighted by atomic mass is 32.2. The standard InChI is InChI=1S/C11H17N3O2S/c1-2-17-7-3-6-13-11-5-4-9(14(15)16)8-10(11)12/h4-5,8,13H,2-3,6-7,12H2,1H3. The van der Waals surface area contributed by atoms with E-state index >= 15 is 0 Å². The topological polar surface area (TPSA) is 81.2 Å². The highest BCUT2D eigenvalue weighted by Gasteiger charge is 2.07. The molecule has 5 nitrogen and oxygen atoms in total. The zero-order valence-corrected chi connectivity index (χ0v) is 10.6. The monoisotopic (exact) mass is 255 g/mol. The van der Waals surface area contributed by atoms with E-state index in [9.17, 15) is 10.1 Å². The maximum atomic E-state index is 10.5. The molecule has 0 aliphatic heterocycles. The lowest BCUT2D eigenvalue weighted by Crippen LogP contribution is -2.05. The fourth-order valence-corrected chi connectivity index (χ4v) is 2.00. The van der Waals surface area contributed by atoms with Crippen LogP contribution in [0.2, 0.25) is 0 Å². The number of nitro benzene ring substituents is 1. The van der Waals surface area contributed by atoms with Crippen LogP contribution in [0.3, 0.4) is 0 Å². The number of nitro groups is 1. The van der Waals surface area contributed by atoms with Crippen molar-refractivity contribution in [1.29, 1.82) is 0 Å². The van der Waals surface area contributed by atoms with Crippen molar-refractivity contribution in [2.45, 2.75) is 13.3 Å². The number of hydrogen-bond donors (Lipinski definition) is 2. The summed E-state index contributed by atoms with van der Waals surface area (Å²) in [6.07, 6.45) is 1.05. The van der Waals surface area contributed by atoms with Crippen LogP contribution in [0.5, 0.6) is 0 Å². The van der Waals surface area contributed by atoms with E-state index in [2.05, 4.69) is 12.2 Å². The van der Waals surface area contributed by atoms with Gasteiger partial charge in [-0.05, 0) is 24.0 Å². The lowest BCUT2D eigenvalue weighted by Gasteiger charge is -2.08. The highest BCUT2D eigenvalue weighted by Crippen LogP contribution is 2.23. The molecular formula is C11H17N3O2S. The second-order valence-electron chi connectivity index (χ2n) is 3.51. The molecule has 0 saturated carbocycles. The summed E-state index contributed by atoms with van der Waals surface area (Å²) >= 11 is 1.89. The van der Waals surface area contributed by atoms with Crippen LogP contribution >= 0.6 is 11.8 Å². The number of non-ortho nitro benzene ring substituents is 1. The molecule has 0 radical (unpaired) electrons. The zero-order valence-electron chi connectivity index (χ0n) is 9.81. The summed E-state index contributed by atoms with van der Waals surface area (Å²) in [7, 11) is 0. The van der Waals surface area contributed by atoms with Gasteiger partial charge in [-0.1, -0.05) is 6.92 Å². The van der Waals surface area contributed by atoms with Gasteiger partial charge in [0, 0.05) is 18.7 Å². The van der Waals surface area contributed by atoms with Gasteiger partial charge < -0.3 is 11.1 Å². The van der Waals surface area contributed by atoms with Crippen LogP contribution in [0, 0.1) is 10.1 Å². The minimum absolute atomic E-state index is 0.0228. The van der Waals surface area contributed by atoms with Crippen LogP contribution in [-0.4, -0.2) is 23.0 Å². The molecule has 0 fully saturated rings. The molecule has 0 unspecified atom stereocenters. The van der Waals surface area contributed by atoms with Crippen molar-refractivity contribution in [2.75, 3.05) is 29.1 Å². The van der Waals surface area contributed by atoms with Gasteiger partial charge in [0.1, 0.15) is 0 Å². The van der Waals surface area contributed by atoms with Crippen molar-refractivity contribution < 1.29 is 4.92 Å². The minimum atomic E-state index is -0.446. The van der Waals surface area contributed by atoms with Gasteiger partial charge in [0.2, 0.25) is 0 Å². The molecule has 6 heteroatoms. The van der Waals surface area contributed by atoms with E-state index in [0.717, 1.165) is 30.2 Å². The first-order valence-electron chi connectivity index (χ1n) is 5.50. The Balaban J connectivity index is 2.46. The number of hydrogen-bond acceptors (Lipinski definition) is 5. The quantitative estimate of drug-likeness (QED) is 0.339. The van der Waals surface area contributed by atoms with Gasteiger partial charge in [-0.2, -0.15) is 11.8 Å². The van der Waals surface area contributed by atoms with E-state index in [1.54, 1.807) is 6.07 Å². The Hall–Kier alpha value is -1.43. The molecule has 0 amide bonds. The zero-order chi connectivity index (χ0) is 12.7. The van der Waals surface area contributed by atoms with E-state index in [0.29, 0.717) is 5.69 Å². The number of thioether (sulfide) groups is 1. The summed E-state index contributed by atoms with van der Waals surface area (Å²) in [5.74, 6) is 2.23. The number of benzene rings is 1. The van der Waals surface area contributed by atoms with Gasteiger partial charge in [-0.15, -0.1) is 0 Å². The first-order valence-corrected chi connectivity index (χ1v) is 6.66. The minimum Gasteiger partial charge on any atom is -0.397 e. The summed E-state index contributed by atoms with van der Waals surface area (Å²) in [5, 5.41) is 13.7. The third-order valence-corrected chi connectivity index (χ3v) is 3.22. The second kappa shape index (κ2) is 7.01. The lowest BCUT2D eigenvalue weighted by molar-refractivity contribution is -0.384. The van der Waals surface area contributed by atoms with Crippen LogP contribution in [0.25, 0.3) is 0 Å². The smallest absolute Gasteiger partial charge is 0.271 e. The second-order valence-corrected chi connectivity index (χ2v) is 4.90. The van der Waals surface area contributed by atoms with Crippen molar-refractivity contribution in [1.82, 2.24) is 0 Å². The van der Waals surface area contributed by atoms with Gasteiger partial charge in [-0.3, -0.25) is 10.1 Å². The summed E-state index contributed by atoms with van der Waals surface area (Å²) in [6.45, 7) is 2.96. The SMILES string of the molecule is CCSCCCNc1ccc([N+](=O)[O-])cc1N. The third-order valence-electron chi connectivity index (χ3n) is 2.23. The fourth-order valence-electron chi connectivity index (χ4n) is 1.37. The van der Waals surface area contributed by atoms with Gasteiger partial charge in [-0.25, -0.2) is 0 Å². The first-order chi connectivity index (χ1) is 8.15. The number of nitrogens with two attached hydrogens (primary N) is 1. The molecule has 0 bridgehead atoms. The maximum Gasteiger partial charge on any atom is 0.271 e. The summed E-state index contributed by atoms with van der Waals surface area (Å²) < 4.78 is 0. The van der Waals surface area contributed by atoms with E-state index in [1.807, 2.05) is 11.8 Å². The molecule has 1 aromatic carbocycles. The number of nitrogens with zero attached hydrogens (tertiary/aromatic N) is 1. The van der Waals surface area contributed by atoms with Crippen LogP contribution in [0.4, 0.5) is 17.1 Å². The molecule has 1 rings (SSSR count). The van der Waals surface area contributed by atoms with E-state index in [4.69, 9.17) is 5.73 Å². The van der Waals surface area contributed by atoms with Gasteiger partial charge in [0.05, 0.1) is 16.3 Å². The van der Waals surface area contributed by atoms with Crippen LogP contribution < -0.4 is 11.1 Å². The number of nitrogen functional groups attached to an aromatic ring is 1. The molecule has 17 heavy (non-hydrogen) atoms. The molecule has 3 N–H and O–H groups in total. The first kappa shape index (κ1) is 13.6. The Morgan fingerprint density at radius 1 is 1.53 bits per heavy atom. The van der Waals surface area contributed by atoms with Crippen molar-refractivity contribution in [3.05, 3.63) is 28.3 Å². The molecule has 0 saturated heterocycles. The predicted octanol–water partition coefficient (Wildman–Crippen LogP) is 2.73. The van der Waals surface area contributed by atoms with Gasteiger partial charge in [0.15, 0.2) is 0 Å². The van der Waals surface area contributed by atoms with Gasteiger partial charge >= 0.3 is 0 Å². The molecule has 94 valence electrons. The van der Waals surface area contributed by atoms with E-state index in [-0.39, 0.29) is 5.69 Å². The third kappa shape index (κ3) is 4.52. The van der Waals surface area contributed by atoms with Crippen molar-refractivity contribution in [3.8, 4) is 0 Å². The fraction of sp³-hybridized carbons (Fsp3) is 0.455. The lowest BCUT2D eigenvalue weighted by atomic mass is 10.2. The molecule has 1 aromatic rings. The Kier molecular flexibility index (Phi) is 5.62. The van der Waals surface area contributed by atoms with Crippen LogP contribution in [0.15, 0.2) is 18.2 Å². The summed E-state index contributed by atoms with van der Waals surface area (Å²) in [4.78, 5) is 10.1. The van der Waals surface area contributed by atoms with Gasteiger partial charge in [0.25, 0.3) is 5.69 Å². The molecule has 0 aliphatic carbocycles. The molecule has 0 aromatic heterocycles. The summed E-state index contributed by atoms with van der Waals surface area (Å²) in [6, 6.07) is 4.49. The number of nitrogens with one attached hydrogen (secondary N) is 1. The van der Waals surface area contributed by atoms with Crippen LogP contribution in [-0.2, 0) is 0 Å². The summed E-state index contributed by atoms with van der Waals surface area (Å²) in [5.41, 5.74) is 6.93. The average molecular weight is 255 g/mol. The molecule has 0 heterocycles. The molecule has 0 atom stereocenters. The Morgan fingerprint density at radius 2 is 2.29 bits per heavy atom. The Bertz CT molecular complexity index is 385. The van der Waals surface area contributed by atoms with Crippen molar-refractivity contribution in [2.24, 2.45) is 0 Å². The molecule has 0 spiro atoms. The number of rotatable bonds is 7. The predicted molar refractivity (Wildman–Crippen MR) is 73.6 cm³/mol. The van der Waals surface area contributed by atoms with Crippen molar-refractivity contribution >= 4 is 28.8 Å². The van der Waals surface area contributed by atoms with Crippen LogP contribution in [0.1, 0.15) is 13.3 Å². The maximum absolute atomic E-state index is 10.5. The largest absolute Gasteiger partial charge is 0.397 e. The van der Waals surface area contributed by atoms with Crippen molar-refractivity contribution in [3.63, 3.8) is 0 Å². The molecular weight excluding hydrogens is 238 g/mol. The Morgan fingerprint density at radius 3 is 2.88 bits per heavy atom. The Labute approximate surface area is 105 Å². The van der Waals surface area contributed by atoms with E-state index < -0.39 is 4.92 Å². The van der Waals surface area contributed by atoms with E-state index in [1.165, 1.54) is 12.1 Å². The average Bonchev–Trinajstić information content (AvgIpc) is 2.30.